The van der Waals surface area contributed by atoms with Gasteiger partial charge in [-0.15, -0.1) is 0 Å². The molecule has 1 unspecified atom stereocenters. The van der Waals surface area contributed by atoms with E-state index in [-0.39, 0.29) is 11.6 Å². The summed E-state index contributed by atoms with van der Waals surface area (Å²) in [5, 5.41) is 0.633. The molecule has 1 atom stereocenters. The number of aromatic amines is 1. The molecule has 1 aliphatic carbocycles. The highest BCUT2D eigenvalue weighted by molar-refractivity contribution is 5.77. The SMILES string of the molecule is O=c1[nH]c(C2CCCN2c2cc(C3CC3)ncn2)nc2ccccc12. The molecule has 0 spiro atoms. The summed E-state index contributed by atoms with van der Waals surface area (Å²) in [5.74, 6) is 2.27. The van der Waals surface area contributed by atoms with E-state index in [0.717, 1.165) is 42.2 Å². The van der Waals surface area contributed by atoms with Gasteiger partial charge in [0.2, 0.25) is 0 Å². The number of H-pyrrole nitrogens is 1. The zero-order chi connectivity index (χ0) is 16.8. The van der Waals surface area contributed by atoms with E-state index in [9.17, 15) is 4.79 Å². The Labute approximate surface area is 145 Å². The second kappa shape index (κ2) is 5.65. The highest BCUT2D eigenvalue weighted by Crippen LogP contribution is 2.41. The number of aromatic nitrogens is 4. The summed E-state index contributed by atoms with van der Waals surface area (Å²) in [6.07, 6.45) is 6.13. The molecule has 0 bridgehead atoms. The first kappa shape index (κ1) is 14.6. The van der Waals surface area contributed by atoms with E-state index in [4.69, 9.17) is 4.98 Å². The van der Waals surface area contributed by atoms with Gasteiger partial charge in [0.25, 0.3) is 5.56 Å². The first-order valence-electron chi connectivity index (χ1n) is 8.87. The smallest absolute Gasteiger partial charge is 0.258 e. The van der Waals surface area contributed by atoms with Crippen molar-refractivity contribution in [1.29, 1.82) is 0 Å². The summed E-state index contributed by atoms with van der Waals surface area (Å²) < 4.78 is 0. The molecule has 5 rings (SSSR count). The van der Waals surface area contributed by atoms with Crippen molar-refractivity contribution < 1.29 is 0 Å². The van der Waals surface area contributed by atoms with Crippen LogP contribution in [0.1, 0.15) is 49.2 Å². The molecule has 2 aromatic heterocycles. The third kappa shape index (κ3) is 2.58. The van der Waals surface area contributed by atoms with E-state index in [1.807, 2.05) is 24.3 Å². The molecule has 0 amide bonds. The van der Waals surface area contributed by atoms with Gasteiger partial charge in [0.05, 0.1) is 16.9 Å². The van der Waals surface area contributed by atoms with E-state index in [1.54, 1.807) is 6.33 Å². The van der Waals surface area contributed by atoms with Gasteiger partial charge in [-0.1, -0.05) is 12.1 Å². The van der Waals surface area contributed by atoms with Crippen LogP contribution in [0.2, 0.25) is 0 Å². The molecular formula is C19H19N5O. The number of benzene rings is 1. The van der Waals surface area contributed by atoms with Crippen molar-refractivity contribution in [3.05, 3.63) is 58.5 Å². The summed E-state index contributed by atoms with van der Waals surface area (Å²) >= 11 is 0. The number of rotatable bonds is 3. The van der Waals surface area contributed by atoms with E-state index >= 15 is 0 Å². The van der Waals surface area contributed by atoms with Crippen molar-refractivity contribution in [2.75, 3.05) is 11.4 Å². The number of fused-ring (bicyclic) bond motifs is 1. The van der Waals surface area contributed by atoms with Gasteiger partial charge in [0, 0.05) is 24.2 Å². The average Bonchev–Trinajstić information content (AvgIpc) is 3.38. The first-order valence-corrected chi connectivity index (χ1v) is 8.87. The van der Waals surface area contributed by atoms with Gasteiger partial charge in [-0.05, 0) is 37.8 Å². The first-order chi connectivity index (χ1) is 12.3. The normalized spacial score (nSPS) is 20.3. The molecule has 3 heterocycles. The highest BCUT2D eigenvalue weighted by Gasteiger charge is 2.31. The number of hydrogen-bond donors (Lipinski definition) is 1. The molecule has 2 aliphatic rings. The minimum absolute atomic E-state index is 0.0549. The van der Waals surface area contributed by atoms with Crippen LogP contribution < -0.4 is 10.5 Å². The molecule has 6 nitrogen and oxygen atoms in total. The Bertz CT molecular complexity index is 994. The molecule has 1 aromatic carbocycles. The number of anilines is 1. The Morgan fingerprint density at radius 2 is 2.00 bits per heavy atom. The Morgan fingerprint density at radius 1 is 1.12 bits per heavy atom. The fourth-order valence-electron chi connectivity index (χ4n) is 3.71. The van der Waals surface area contributed by atoms with Crippen LogP contribution in [0, 0.1) is 0 Å². The van der Waals surface area contributed by atoms with Crippen molar-refractivity contribution >= 4 is 16.7 Å². The summed E-state index contributed by atoms with van der Waals surface area (Å²) in [4.78, 5) is 31.3. The molecule has 2 fully saturated rings. The Balaban J connectivity index is 1.55. The van der Waals surface area contributed by atoms with Gasteiger partial charge in [-0.25, -0.2) is 15.0 Å². The molecule has 0 radical (unpaired) electrons. The van der Waals surface area contributed by atoms with Crippen molar-refractivity contribution in [3.63, 3.8) is 0 Å². The minimum Gasteiger partial charge on any atom is -0.346 e. The lowest BCUT2D eigenvalue weighted by atomic mass is 10.2. The topological polar surface area (TPSA) is 74.8 Å². The fraction of sp³-hybridized carbons (Fsp3) is 0.368. The summed E-state index contributed by atoms with van der Waals surface area (Å²) in [7, 11) is 0. The standard InChI is InChI=1S/C19H19N5O/c25-19-13-4-1-2-5-14(13)22-18(23-19)16-6-3-9-24(16)17-10-15(12-7-8-12)20-11-21-17/h1-2,4-5,10-12,16H,3,6-9H2,(H,22,23,25). The molecular weight excluding hydrogens is 314 g/mol. The third-order valence-electron chi connectivity index (χ3n) is 5.16. The molecule has 1 aliphatic heterocycles. The Hall–Kier alpha value is -2.76. The summed E-state index contributed by atoms with van der Waals surface area (Å²) in [6, 6.07) is 9.64. The fourth-order valence-corrected chi connectivity index (χ4v) is 3.71. The lowest BCUT2D eigenvalue weighted by molar-refractivity contribution is 0.660. The predicted octanol–water partition coefficient (Wildman–Crippen LogP) is 2.93. The molecule has 1 saturated carbocycles. The van der Waals surface area contributed by atoms with Crippen LogP contribution in [-0.4, -0.2) is 26.5 Å². The quantitative estimate of drug-likeness (QED) is 0.797. The van der Waals surface area contributed by atoms with E-state index in [0.29, 0.717) is 11.3 Å². The van der Waals surface area contributed by atoms with Crippen LogP contribution in [0.25, 0.3) is 10.9 Å². The number of nitrogens with one attached hydrogen (secondary N) is 1. The van der Waals surface area contributed by atoms with Gasteiger partial charge >= 0.3 is 0 Å². The van der Waals surface area contributed by atoms with Gasteiger partial charge in [-0.2, -0.15) is 0 Å². The van der Waals surface area contributed by atoms with Crippen LogP contribution in [0.3, 0.4) is 0 Å². The zero-order valence-electron chi connectivity index (χ0n) is 13.9. The molecule has 1 N–H and O–H groups in total. The largest absolute Gasteiger partial charge is 0.346 e. The van der Waals surface area contributed by atoms with Crippen molar-refractivity contribution in [1.82, 2.24) is 19.9 Å². The van der Waals surface area contributed by atoms with Gasteiger partial charge in [0.15, 0.2) is 0 Å². The lowest BCUT2D eigenvalue weighted by Gasteiger charge is -2.25. The maximum absolute atomic E-state index is 12.4. The Kier molecular flexibility index (Phi) is 3.29. The van der Waals surface area contributed by atoms with Gasteiger partial charge < -0.3 is 9.88 Å². The van der Waals surface area contributed by atoms with E-state index < -0.39 is 0 Å². The van der Waals surface area contributed by atoms with Gasteiger partial charge in [-0.3, -0.25) is 4.79 Å². The maximum atomic E-state index is 12.4. The monoisotopic (exact) mass is 333 g/mol. The van der Waals surface area contributed by atoms with Crippen LogP contribution in [-0.2, 0) is 0 Å². The van der Waals surface area contributed by atoms with E-state index in [1.165, 1.54) is 12.8 Å². The second-order valence-corrected chi connectivity index (χ2v) is 6.90. The predicted molar refractivity (Wildman–Crippen MR) is 95.7 cm³/mol. The minimum atomic E-state index is -0.0752. The van der Waals surface area contributed by atoms with Crippen LogP contribution in [0.5, 0.6) is 0 Å². The lowest BCUT2D eigenvalue weighted by Crippen LogP contribution is -2.27. The molecule has 3 aromatic rings. The second-order valence-electron chi connectivity index (χ2n) is 6.90. The molecule has 25 heavy (non-hydrogen) atoms. The number of nitrogens with zero attached hydrogens (tertiary/aromatic N) is 4. The molecule has 126 valence electrons. The van der Waals surface area contributed by atoms with Crippen LogP contribution in [0.4, 0.5) is 5.82 Å². The summed E-state index contributed by atoms with van der Waals surface area (Å²) in [6.45, 7) is 0.919. The van der Waals surface area contributed by atoms with Gasteiger partial charge in [0.1, 0.15) is 18.0 Å². The van der Waals surface area contributed by atoms with Crippen molar-refractivity contribution in [2.45, 2.75) is 37.6 Å². The van der Waals surface area contributed by atoms with E-state index in [2.05, 4.69) is 25.9 Å². The maximum Gasteiger partial charge on any atom is 0.258 e. The van der Waals surface area contributed by atoms with Crippen molar-refractivity contribution in [3.8, 4) is 0 Å². The molecule has 1 saturated heterocycles. The van der Waals surface area contributed by atoms with Crippen molar-refractivity contribution in [2.24, 2.45) is 0 Å². The third-order valence-corrected chi connectivity index (χ3v) is 5.16. The average molecular weight is 333 g/mol. The number of para-hydroxylation sites is 1. The van der Waals surface area contributed by atoms with Crippen LogP contribution >= 0.6 is 0 Å². The Morgan fingerprint density at radius 3 is 2.88 bits per heavy atom. The highest BCUT2D eigenvalue weighted by atomic mass is 16.1. The van der Waals surface area contributed by atoms with Crippen LogP contribution in [0.15, 0.2) is 41.5 Å². The zero-order valence-corrected chi connectivity index (χ0v) is 13.9. The summed E-state index contributed by atoms with van der Waals surface area (Å²) in [5.41, 5.74) is 1.80. The number of hydrogen-bond acceptors (Lipinski definition) is 5. The molecule has 6 heteroatoms.